The smallest absolute Gasteiger partial charge is 0.871 e. The van der Waals surface area contributed by atoms with E-state index in [4.69, 9.17) is 32.7 Å². The number of ether oxygens (including phenoxy) is 2. The van der Waals surface area contributed by atoms with Crippen LogP contribution in [-0.4, -0.2) is 94.8 Å². The van der Waals surface area contributed by atoms with Crippen molar-refractivity contribution in [2.45, 2.75) is 23.6 Å². The maximum atomic E-state index is 13.3. The summed E-state index contributed by atoms with van der Waals surface area (Å²) in [5.74, 6) is -1.33. The molecule has 0 aromatic heterocycles. The minimum Gasteiger partial charge on any atom is -0.871 e. The molecule has 0 bridgehead atoms. The number of phenolic OH excluding ortho intramolecular Hbond substituents is 1. The summed E-state index contributed by atoms with van der Waals surface area (Å²) >= 11 is 12.2. The fraction of sp³-hybridized carbons (Fsp3) is 0.0800. The molecule has 8 aromatic rings. The van der Waals surface area contributed by atoms with E-state index in [1.165, 1.54) is 46.3 Å². The normalized spacial score (nSPS) is 11.9. The Labute approximate surface area is 457 Å². The molecule has 23 heteroatoms. The number of carbonyl (C=O) groups excluding carboxylic acids is 1. The van der Waals surface area contributed by atoms with Crippen molar-refractivity contribution in [3.63, 3.8) is 0 Å². The maximum Gasteiger partial charge on any atom is 2.00 e. The summed E-state index contributed by atoms with van der Waals surface area (Å²) in [6.45, 7) is 3.01. The Morgan fingerprint density at radius 3 is 1.63 bits per heavy atom. The number of phenols is 1. The molecule has 8 rings (SSSR count). The topological polar surface area (TPSA) is 284 Å². The number of aromatic hydroxyl groups is 1. The number of amides is 1. The Morgan fingerprint density at radius 2 is 1.10 bits per heavy atom. The third kappa shape index (κ3) is 12.7. The molecular formula is C50H38CaCl2N6O12S2. The number of hydrogen-bond acceptors (Lipinski definition) is 15. The zero-order valence-electron chi connectivity index (χ0n) is 38.7. The predicted octanol–water partition coefficient (Wildman–Crippen LogP) is 11.0. The number of halogens is 2. The van der Waals surface area contributed by atoms with Crippen LogP contribution in [0.2, 0.25) is 10.0 Å². The van der Waals surface area contributed by atoms with Crippen molar-refractivity contribution in [2.75, 3.05) is 19.5 Å². The van der Waals surface area contributed by atoms with Gasteiger partial charge in [-0.15, -0.1) is 5.11 Å². The second kappa shape index (κ2) is 23.4. The second-order valence-electron chi connectivity index (χ2n) is 15.4. The SMILES string of the molecule is COc1cccc(N=C([O-])c2cc3ccccc3c(N=Nc3ccc(S(=O)(=O)O)c(Cl)c3C)c2[O-])c1.COc1cccc(NC(=O)c2cc3ccccc3c(N=Nc3ccc(S(=O)(=O)O)c(Cl)c3C)c2O)c1.[Ca+2]. The molecule has 4 N–H and O–H groups in total. The van der Waals surface area contributed by atoms with E-state index in [2.05, 4.69) is 30.8 Å². The van der Waals surface area contributed by atoms with Crippen LogP contribution in [0.5, 0.6) is 23.0 Å². The molecule has 368 valence electrons. The van der Waals surface area contributed by atoms with Gasteiger partial charge in [-0.25, -0.2) is 0 Å². The first-order valence-corrected chi connectivity index (χ1v) is 24.5. The van der Waals surface area contributed by atoms with Gasteiger partial charge in [0.2, 0.25) is 0 Å². The van der Waals surface area contributed by atoms with E-state index in [9.17, 15) is 46.1 Å². The van der Waals surface area contributed by atoms with E-state index in [0.29, 0.717) is 44.4 Å². The van der Waals surface area contributed by atoms with Gasteiger partial charge in [-0.2, -0.15) is 32.2 Å². The molecule has 0 aliphatic carbocycles. The number of hydrogen-bond donors (Lipinski definition) is 4. The summed E-state index contributed by atoms with van der Waals surface area (Å²) in [7, 11) is -6.05. The number of nitrogens with one attached hydrogen (secondary N) is 1. The molecule has 8 aromatic carbocycles. The fourth-order valence-electron chi connectivity index (χ4n) is 7.04. The van der Waals surface area contributed by atoms with Gasteiger partial charge in [-0.05, 0) is 108 Å². The minimum absolute atomic E-state index is 0. The Kier molecular flexibility index (Phi) is 17.8. The van der Waals surface area contributed by atoms with Gasteiger partial charge in [0.1, 0.15) is 27.0 Å². The standard InChI is InChI=1S/2C25H20ClN3O6S.Ca/c2*1-14-20(10-11-21(22(14)26)36(32,33)34)28-29-23-18-9-4-3-6-15(18)12-19(24(23)30)25(31)27-16-7-5-8-17(13-16)35-2;/h2*3-13,30H,1-2H3,(H,27,31)(H,32,33,34);/q;;+2/p-2. The van der Waals surface area contributed by atoms with Crippen LogP contribution >= 0.6 is 23.2 Å². The van der Waals surface area contributed by atoms with Crippen LogP contribution in [0.25, 0.3) is 21.5 Å². The summed E-state index contributed by atoms with van der Waals surface area (Å²) in [6, 6.07) is 35.0. The molecule has 73 heavy (non-hydrogen) atoms. The van der Waals surface area contributed by atoms with Gasteiger partial charge in [-0.1, -0.05) is 89.6 Å². The Morgan fingerprint density at radius 1 is 0.616 bits per heavy atom. The fourth-order valence-corrected chi connectivity index (χ4v) is 9.18. The van der Waals surface area contributed by atoms with E-state index in [0.717, 1.165) is 12.1 Å². The molecule has 1 amide bonds. The van der Waals surface area contributed by atoms with Gasteiger partial charge in [0.25, 0.3) is 26.1 Å². The summed E-state index contributed by atoms with van der Waals surface area (Å²) in [5, 5.41) is 58.3. The average Bonchev–Trinajstić information content (AvgIpc) is 3.34. The molecular weight excluding hydrogens is 1050 g/mol. The van der Waals surface area contributed by atoms with Crippen molar-refractivity contribution in [1.82, 2.24) is 0 Å². The molecule has 0 spiro atoms. The van der Waals surface area contributed by atoms with Crippen molar-refractivity contribution in [3.05, 3.63) is 166 Å². The summed E-state index contributed by atoms with van der Waals surface area (Å²) in [6.07, 6.45) is 0. The van der Waals surface area contributed by atoms with Gasteiger partial charge in [0, 0.05) is 28.6 Å². The summed E-state index contributed by atoms with van der Waals surface area (Å²) in [4.78, 5) is 16.2. The third-order valence-electron chi connectivity index (χ3n) is 10.8. The monoisotopic (exact) mass is 1090 g/mol. The molecule has 0 radical (unpaired) electrons. The molecule has 0 fully saturated rings. The number of azo groups is 2. The number of benzene rings is 8. The van der Waals surface area contributed by atoms with Crippen molar-refractivity contribution in [3.8, 4) is 23.0 Å². The minimum atomic E-state index is -4.53. The first-order chi connectivity index (χ1) is 34.2. The number of nitrogens with zero attached hydrogens (tertiary/aromatic N) is 5. The van der Waals surface area contributed by atoms with Gasteiger partial charge >= 0.3 is 37.7 Å². The largest absolute Gasteiger partial charge is 2.00 e. The molecule has 0 aliphatic heterocycles. The number of carbonyl (C=O) groups is 1. The van der Waals surface area contributed by atoms with E-state index < -0.39 is 53.3 Å². The molecule has 0 unspecified atom stereocenters. The van der Waals surface area contributed by atoms with E-state index in [-0.39, 0.29) is 92.8 Å². The molecule has 18 nitrogen and oxygen atoms in total. The van der Waals surface area contributed by atoms with Crippen LogP contribution < -0.4 is 25.0 Å². The van der Waals surface area contributed by atoms with E-state index in [1.54, 1.807) is 103 Å². The first-order valence-electron chi connectivity index (χ1n) is 20.9. The molecule has 0 aliphatic rings. The number of fused-ring (bicyclic) bond motifs is 2. The van der Waals surface area contributed by atoms with Crippen molar-refractivity contribution in [2.24, 2.45) is 25.4 Å². The second-order valence-corrected chi connectivity index (χ2v) is 18.9. The Hall–Kier alpha value is -6.72. The average molecular weight is 1090 g/mol. The predicted molar refractivity (Wildman–Crippen MR) is 275 cm³/mol. The summed E-state index contributed by atoms with van der Waals surface area (Å²) in [5.41, 5.74) is 1.39. The summed E-state index contributed by atoms with van der Waals surface area (Å²) < 4.78 is 74.9. The van der Waals surface area contributed by atoms with Crippen LogP contribution in [0.1, 0.15) is 27.0 Å². The zero-order valence-corrected chi connectivity index (χ0v) is 44.1. The number of aliphatic imine (C=N–C) groups is 1. The van der Waals surface area contributed by atoms with Gasteiger partial charge < -0.3 is 30.1 Å². The third-order valence-corrected chi connectivity index (χ3v) is 13.8. The molecule has 0 heterocycles. The van der Waals surface area contributed by atoms with Gasteiger partial charge in [0.15, 0.2) is 5.75 Å². The Balaban J connectivity index is 0.000000235. The van der Waals surface area contributed by atoms with Crippen LogP contribution in [0.4, 0.5) is 34.1 Å². The number of rotatable bonds is 12. The first kappa shape index (κ1) is 55.6. The van der Waals surface area contributed by atoms with Gasteiger partial charge in [0.05, 0.1) is 52.6 Å². The molecule has 0 saturated carbocycles. The molecule has 0 saturated heterocycles. The van der Waals surface area contributed by atoms with Crippen LogP contribution in [-0.2, 0) is 20.2 Å². The quantitative estimate of drug-likeness (QED) is 0.0292. The Bertz CT molecular complexity index is 3790. The maximum absolute atomic E-state index is 13.3. The van der Waals surface area contributed by atoms with Crippen molar-refractivity contribution >= 4 is 149 Å². The van der Waals surface area contributed by atoms with Crippen LogP contribution in [0.3, 0.4) is 0 Å². The van der Waals surface area contributed by atoms with E-state index >= 15 is 0 Å². The van der Waals surface area contributed by atoms with E-state index in [1.807, 2.05) is 0 Å². The van der Waals surface area contributed by atoms with Crippen molar-refractivity contribution in [1.29, 1.82) is 0 Å². The molecule has 0 atom stereocenters. The van der Waals surface area contributed by atoms with Crippen molar-refractivity contribution < 1.29 is 55.5 Å². The van der Waals surface area contributed by atoms with Gasteiger partial charge in [-0.3, -0.25) is 18.9 Å². The van der Waals surface area contributed by atoms with Crippen LogP contribution in [0.15, 0.2) is 169 Å². The van der Waals surface area contributed by atoms with Crippen LogP contribution in [0, 0.1) is 13.8 Å². The number of anilines is 1. The number of methoxy groups -OCH3 is 2. The zero-order chi connectivity index (χ0) is 52.1.